The molecule has 0 bridgehead atoms. The Kier molecular flexibility index (Phi) is 9.61. The average Bonchev–Trinajstić information content (AvgIpc) is 3.51. The summed E-state index contributed by atoms with van der Waals surface area (Å²) in [4.78, 5) is 36.3. The highest BCUT2D eigenvalue weighted by Gasteiger charge is 2.73. The van der Waals surface area contributed by atoms with Crippen molar-refractivity contribution in [3.8, 4) is 0 Å². The van der Waals surface area contributed by atoms with Gasteiger partial charge in [-0.05, 0) is 6.92 Å². The summed E-state index contributed by atoms with van der Waals surface area (Å²) < 4.78 is 67.6. The van der Waals surface area contributed by atoms with Crippen LogP contribution in [0.4, 0.5) is 10.2 Å². The molecule has 4 heterocycles. The van der Waals surface area contributed by atoms with Crippen LogP contribution in [-0.2, 0) is 36.8 Å². The summed E-state index contributed by atoms with van der Waals surface area (Å²) in [5, 5.41) is 50.3. The number of nitrogen functional groups attached to an aromatic ring is 1. The third-order valence-electron chi connectivity index (χ3n) is 8.18. The van der Waals surface area contributed by atoms with Gasteiger partial charge in [-0.1, -0.05) is 12.2 Å². The number of alkyl halides is 1. The standard InChI is InChI=1S/C23H32FN5O14P2S/c1-8(31)26-4-10-12(40-19(22(10,2)24)9-3-27-16-15(9)28-7-29-20(16)25)6-39-45(38,46)43-44(36,37)42-21-14-18(34)17(33)13(11(32)5-30)23(14,35)41-21/h3-4,7,10-14,17-19,21,27,30,32-35H,5-6H2,1-2H3,(H,36,37)(H,38,46)(H2,25,28,29)/b26-4+/t10?,11-,12+,13?,14?,17?,18?,19-,21?,22+,23?,45?/m0/s1. The molecule has 0 aromatic carbocycles. The van der Waals surface area contributed by atoms with Gasteiger partial charge in [0.2, 0.25) is 5.91 Å². The molecule has 13 atom stereocenters. The molecule has 1 saturated carbocycles. The smallest absolute Gasteiger partial charge is 0.394 e. The van der Waals surface area contributed by atoms with Crippen LogP contribution in [0.5, 0.6) is 0 Å². The number of phosphoric ester groups is 1. The van der Waals surface area contributed by atoms with E-state index in [1.54, 1.807) is 0 Å². The molecule has 1 amide bonds. The maximum Gasteiger partial charge on any atom is 0.482 e. The molecule has 0 spiro atoms. The number of aliphatic imine (C=N–C) groups is 1. The van der Waals surface area contributed by atoms with Gasteiger partial charge in [0.15, 0.2) is 17.9 Å². The van der Waals surface area contributed by atoms with Gasteiger partial charge in [-0.3, -0.25) is 13.8 Å². The van der Waals surface area contributed by atoms with Crippen LogP contribution < -0.4 is 5.73 Å². The van der Waals surface area contributed by atoms with Gasteiger partial charge in [0.05, 0.1) is 60.9 Å². The zero-order chi connectivity index (χ0) is 34.0. The van der Waals surface area contributed by atoms with Gasteiger partial charge in [0.25, 0.3) is 0 Å². The number of H-pyrrole nitrogens is 1. The van der Waals surface area contributed by atoms with E-state index >= 15 is 4.39 Å². The minimum atomic E-state index is -5.44. The molecular formula is C23H32FN5O14P2S. The third kappa shape index (κ3) is 6.30. The second kappa shape index (κ2) is 12.5. The maximum absolute atomic E-state index is 16.4. The van der Waals surface area contributed by atoms with Gasteiger partial charge in [-0.25, -0.2) is 28.5 Å². The molecule has 46 heavy (non-hydrogen) atoms. The summed E-state index contributed by atoms with van der Waals surface area (Å²) in [5.74, 6) is -7.55. The van der Waals surface area contributed by atoms with E-state index in [9.17, 15) is 44.4 Å². The van der Waals surface area contributed by atoms with E-state index in [1.807, 2.05) is 0 Å². The molecule has 256 valence electrons. The fourth-order valence-corrected chi connectivity index (χ4v) is 9.26. The topological polar surface area (TPSA) is 299 Å². The number of carbonyl (C=O) groups is 1. The van der Waals surface area contributed by atoms with Gasteiger partial charge < -0.3 is 50.6 Å². The molecule has 0 radical (unpaired) electrons. The van der Waals surface area contributed by atoms with Crippen molar-refractivity contribution in [1.82, 2.24) is 15.0 Å². The van der Waals surface area contributed by atoms with Gasteiger partial charge in [0, 0.05) is 24.9 Å². The average molecular weight is 716 g/mol. The van der Waals surface area contributed by atoms with Gasteiger partial charge in [-0.2, -0.15) is 4.31 Å². The number of hydrogen-bond acceptors (Lipinski definition) is 16. The van der Waals surface area contributed by atoms with E-state index < -0.39 is 99.8 Å². The Balaban J connectivity index is 1.29. The summed E-state index contributed by atoms with van der Waals surface area (Å²) in [6.45, 7) is -4.25. The van der Waals surface area contributed by atoms with Crippen LogP contribution >= 0.6 is 26.9 Å². The lowest BCUT2D eigenvalue weighted by atomic mass is 9.84. The molecule has 5 rings (SSSR count). The number of ether oxygens (including phenoxy) is 2. The number of halogens is 1. The monoisotopic (exact) mass is 715 g/mol. The molecule has 19 nitrogen and oxygen atoms in total. The molecule has 23 heteroatoms. The fraction of sp³-hybridized carbons (Fsp3) is 0.652. The van der Waals surface area contributed by atoms with Crippen LogP contribution in [0.1, 0.15) is 25.5 Å². The molecule has 2 aromatic rings. The maximum atomic E-state index is 16.4. The van der Waals surface area contributed by atoms with Crippen LogP contribution in [0, 0.1) is 17.8 Å². The first-order valence-corrected chi connectivity index (χ1v) is 17.7. The second-order valence-electron chi connectivity index (χ2n) is 11.2. The number of rotatable bonds is 11. The van der Waals surface area contributed by atoms with Crippen molar-refractivity contribution in [2.45, 2.75) is 62.1 Å². The number of aromatic amines is 1. The molecule has 1 aliphatic carbocycles. The van der Waals surface area contributed by atoms with Crippen LogP contribution in [0.25, 0.3) is 11.0 Å². The van der Waals surface area contributed by atoms with E-state index in [4.69, 9.17) is 24.3 Å². The van der Waals surface area contributed by atoms with Crippen molar-refractivity contribution in [3.63, 3.8) is 0 Å². The first-order chi connectivity index (χ1) is 21.3. The van der Waals surface area contributed by atoms with Crippen molar-refractivity contribution in [1.29, 1.82) is 0 Å². The highest BCUT2D eigenvalue weighted by molar-refractivity contribution is 8.45. The third-order valence-corrected chi connectivity index (χ3v) is 11.8. The van der Waals surface area contributed by atoms with E-state index in [-0.39, 0.29) is 16.9 Å². The summed E-state index contributed by atoms with van der Waals surface area (Å²) in [6, 6.07) is 0. The predicted octanol–water partition coefficient (Wildman–Crippen LogP) is -0.504. The van der Waals surface area contributed by atoms with Crippen LogP contribution in [-0.4, -0.2) is 113 Å². The number of nitrogens with two attached hydrogens (primary N) is 1. The summed E-state index contributed by atoms with van der Waals surface area (Å²) in [6.07, 6.45) is -6.44. The van der Waals surface area contributed by atoms with E-state index in [0.717, 1.165) is 13.1 Å². The second-order valence-corrected chi connectivity index (χ2v) is 15.7. The first-order valence-electron chi connectivity index (χ1n) is 13.5. The number of thiol groups is 1. The zero-order valence-corrected chi connectivity index (χ0v) is 26.6. The number of nitrogens with one attached hydrogen (secondary N) is 1. The minimum Gasteiger partial charge on any atom is -0.394 e. The largest absolute Gasteiger partial charge is 0.482 e. The molecule has 9 N–H and O–H groups in total. The zero-order valence-electron chi connectivity index (χ0n) is 23.9. The van der Waals surface area contributed by atoms with Crippen LogP contribution in [0.3, 0.4) is 0 Å². The Morgan fingerprint density at radius 2 is 2.04 bits per heavy atom. The first kappa shape index (κ1) is 35.4. The normalized spacial score (nSPS) is 39.2. The number of amides is 1. The minimum absolute atomic E-state index is 0.0892. The van der Waals surface area contributed by atoms with Crippen molar-refractivity contribution in [2.24, 2.45) is 22.7 Å². The predicted molar refractivity (Wildman–Crippen MR) is 155 cm³/mol. The highest BCUT2D eigenvalue weighted by Crippen LogP contribution is 2.68. The number of hydrogen-bond donors (Lipinski definition) is 9. The van der Waals surface area contributed by atoms with E-state index in [2.05, 4.69) is 36.5 Å². The number of phosphoric acid groups is 1. The molecule has 2 aromatic heterocycles. The number of anilines is 1. The van der Waals surface area contributed by atoms with Gasteiger partial charge in [0.1, 0.15) is 23.6 Å². The van der Waals surface area contributed by atoms with E-state index in [1.165, 1.54) is 19.4 Å². The fourth-order valence-electron chi connectivity index (χ4n) is 6.07. The van der Waals surface area contributed by atoms with Crippen molar-refractivity contribution in [3.05, 3.63) is 18.1 Å². The highest BCUT2D eigenvalue weighted by atomic mass is 32.7. The van der Waals surface area contributed by atoms with Crippen molar-refractivity contribution in [2.75, 3.05) is 18.9 Å². The van der Waals surface area contributed by atoms with Crippen LogP contribution in [0.2, 0.25) is 0 Å². The number of nitrogens with zero attached hydrogens (tertiary/aromatic N) is 3. The number of carbonyl (C=O) groups excluding carboxylic acids is 1. The molecule has 2 aliphatic heterocycles. The lowest BCUT2D eigenvalue weighted by Gasteiger charge is -2.49. The Morgan fingerprint density at radius 1 is 1.35 bits per heavy atom. The Bertz CT molecular complexity index is 1620. The molecule has 3 aliphatic rings. The number of fused-ring (bicyclic) bond motifs is 2. The Hall–Kier alpha value is -1.94. The molecule has 9 unspecified atom stereocenters. The lowest BCUT2D eigenvalue weighted by molar-refractivity contribution is -0.427. The molecule has 2 saturated heterocycles. The van der Waals surface area contributed by atoms with E-state index in [0.29, 0.717) is 5.52 Å². The lowest BCUT2D eigenvalue weighted by Crippen LogP contribution is -2.64. The Labute approximate surface area is 264 Å². The Morgan fingerprint density at radius 3 is 2.70 bits per heavy atom. The summed E-state index contributed by atoms with van der Waals surface area (Å²) in [5.41, 5.74) is 4.36. The number of aliphatic hydroxyl groups is 5. The van der Waals surface area contributed by atoms with Crippen molar-refractivity contribution < 1.29 is 71.6 Å². The van der Waals surface area contributed by atoms with Crippen LogP contribution in [0.15, 0.2) is 17.5 Å². The van der Waals surface area contributed by atoms with Crippen molar-refractivity contribution >= 4 is 55.8 Å². The SMILES string of the molecule is CC(=O)/N=C/C1[C@@H](COP(=O)(S)OP(=O)(O)OC2OC3(O)C2C(O)C(O)C3[C@@H](O)CO)O[C@@H](c2c[nH]c3c(N)ncnc23)[C@]1(C)F. The summed E-state index contributed by atoms with van der Waals surface area (Å²) in [7, 11) is -5.44. The quantitative estimate of drug-likeness (QED) is 0.0804. The summed E-state index contributed by atoms with van der Waals surface area (Å²) >= 11 is 3.69. The number of aliphatic hydroxyl groups excluding tert-OH is 4. The molecule has 3 fully saturated rings. The van der Waals surface area contributed by atoms with Gasteiger partial charge in [-0.15, -0.1) is 0 Å². The molecular weight excluding hydrogens is 683 g/mol. The number of aromatic nitrogens is 3. The van der Waals surface area contributed by atoms with Gasteiger partial charge >= 0.3 is 14.6 Å².